The van der Waals surface area contributed by atoms with Crippen LogP contribution in [0.1, 0.15) is 24.2 Å². The molecule has 5 amide bonds. The molecule has 0 aliphatic carbocycles. The van der Waals surface area contributed by atoms with Crippen molar-refractivity contribution in [2.75, 3.05) is 49.5 Å². The number of rotatable bonds is 7. The molecule has 226 valence electrons. The van der Waals surface area contributed by atoms with Crippen molar-refractivity contribution in [3.63, 3.8) is 0 Å². The molecule has 0 fully saturated rings. The molecule has 0 saturated heterocycles. The maximum atomic E-state index is 13.7. The van der Waals surface area contributed by atoms with E-state index in [4.69, 9.17) is 14.2 Å². The first-order valence-corrected chi connectivity index (χ1v) is 14.0. The largest absolute Gasteiger partial charge is 0.487 e. The molecule has 0 unspecified atom stereocenters. The Balaban J connectivity index is 1.33. The van der Waals surface area contributed by atoms with E-state index in [-0.39, 0.29) is 49.9 Å². The maximum absolute atomic E-state index is 13.7. The summed E-state index contributed by atoms with van der Waals surface area (Å²) in [5.41, 5.74) is 1.81. The first kappa shape index (κ1) is 29.5. The van der Waals surface area contributed by atoms with Gasteiger partial charge < -0.3 is 45.1 Å². The van der Waals surface area contributed by atoms with Crippen LogP contribution in [-0.4, -0.2) is 78.6 Å². The number of amides is 5. The molecule has 2 heterocycles. The Kier molecular flexibility index (Phi) is 8.86. The number of aliphatic hydroxyl groups is 1. The second kappa shape index (κ2) is 12.9. The van der Waals surface area contributed by atoms with E-state index < -0.39 is 18.2 Å². The summed E-state index contributed by atoms with van der Waals surface area (Å²) in [7, 11) is 1.66. The monoisotopic (exact) mass is 589 g/mol. The van der Waals surface area contributed by atoms with E-state index in [1.54, 1.807) is 67.4 Å². The van der Waals surface area contributed by atoms with Crippen molar-refractivity contribution in [1.29, 1.82) is 0 Å². The number of aliphatic hydroxyl groups excluding tert-OH is 1. The first-order chi connectivity index (χ1) is 20.7. The molecule has 0 saturated carbocycles. The van der Waals surface area contributed by atoms with Crippen molar-refractivity contribution in [3.8, 4) is 17.2 Å². The quantitative estimate of drug-likeness (QED) is 0.319. The molecule has 3 atom stereocenters. The SMILES string of the molecule is C[C@@H]1CN([C@@H](C)CO)C(=O)c2cc(NC(=O)Nc3ccccc3)ccc2O[C@@H]1CN(C)C(=O)Nc1ccc2c(c1)OCO2. The number of nitrogens with one attached hydrogen (secondary N) is 3. The maximum Gasteiger partial charge on any atom is 0.323 e. The zero-order valence-corrected chi connectivity index (χ0v) is 24.2. The number of anilines is 3. The number of hydrogen-bond donors (Lipinski definition) is 4. The third-order valence-electron chi connectivity index (χ3n) is 7.38. The Hall–Kier alpha value is -4.97. The van der Waals surface area contributed by atoms with Gasteiger partial charge in [-0.25, -0.2) is 9.59 Å². The van der Waals surface area contributed by atoms with Crippen LogP contribution >= 0.6 is 0 Å². The van der Waals surface area contributed by atoms with E-state index in [1.165, 1.54) is 4.90 Å². The highest BCUT2D eigenvalue weighted by atomic mass is 16.7. The summed E-state index contributed by atoms with van der Waals surface area (Å²) in [6.07, 6.45) is -0.493. The fourth-order valence-corrected chi connectivity index (χ4v) is 4.88. The van der Waals surface area contributed by atoms with Crippen molar-refractivity contribution in [2.24, 2.45) is 5.92 Å². The highest BCUT2D eigenvalue weighted by molar-refractivity contribution is 6.02. The van der Waals surface area contributed by atoms with Crippen LogP contribution in [0.25, 0.3) is 0 Å². The van der Waals surface area contributed by atoms with Gasteiger partial charge >= 0.3 is 12.1 Å². The molecule has 0 bridgehead atoms. The van der Waals surface area contributed by atoms with E-state index >= 15 is 0 Å². The zero-order chi connectivity index (χ0) is 30.5. The predicted molar refractivity (Wildman–Crippen MR) is 161 cm³/mol. The molecule has 3 aromatic rings. The summed E-state index contributed by atoms with van der Waals surface area (Å²) in [4.78, 5) is 42.5. The lowest BCUT2D eigenvalue weighted by Crippen LogP contribution is -2.50. The minimum absolute atomic E-state index is 0.137. The predicted octanol–water partition coefficient (Wildman–Crippen LogP) is 4.44. The summed E-state index contributed by atoms with van der Waals surface area (Å²) in [5, 5.41) is 18.3. The second-order valence-corrected chi connectivity index (χ2v) is 10.7. The van der Waals surface area contributed by atoms with Crippen LogP contribution in [0.15, 0.2) is 66.7 Å². The minimum atomic E-state index is -0.493. The van der Waals surface area contributed by atoms with Crippen molar-refractivity contribution in [1.82, 2.24) is 9.80 Å². The Morgan fingerprint density at radius 3 is 2.37 bits per heavy atom. The Labute approximate surface area is 249 Å². The van der Waals surface area contributed by atoms with Gasteiger partial charge in [-0.05, 0) is 49.4 Å². The van der Waals surface area contributed by atoms with E-state index in [9.17, 15) is 19.5 Å². The molecule has 5 rings (SSSR count). The molecule has 3 aromatic carbocycles. The summed E-state index contributed by atoms with van der Waals surface area (Å²) in [6, 6.07) is 17.7. The lowest BCUT2D eigenvalue weighted by atomic mass is 9.99. The zero-order valence-electron chi connectivity index (χ0n) is 24.2. The smallest absolute Gasteiger partial charge is 0.323 e. The van der Waals surface area contributed by atoms with Gasteiger partial charge in [0.25, 0.3) is 5.91 Å². The standard InChI is InChI=1S/C31H35N5O7/c1-19-15-36(20(2)17-37)29(38)24-13-22(33-30(39)32-21-7-5-4-6-8-21)9-11-25(24)43-28(19)16-35(3)31(40)34-23-10-12-26-27(14-23)42-18-41-26/h4-14,19-20,28,37H,15-18H2,1-3H3,(H,34,40)(H2,32,33,39)/t19-,20+,28-/m1/s1. The van der Waals surface area contributed by atoms with Crippen LogP contribution in [0.2, 0.25) is 0 Å². The Morgan fingerprint density at radius 1 is 0.953 bits per heavy atom. The molecular formula is C31H35N5O7. The van der Waals surface area contributed by atoms with Gasteiger partial charge in [0.1, 0.15) is 11.9 Å². The van der Waals surface area contributed by atoms with Crippen LogP contribution in [0, 0.1) is 5.92 Å². The molecule has 43 heavy (non-hydrogen) atoms. The van der Waals surface area contributed by atoms with Gasteiger partial charge in [-0.1, -0.05) is 25.1 Å². The summed E-state index contributed by atoms with van der Waals surface area (Å²) >= 11 is 0. The van der Waals surface area contributed by atoms with Gasteiger partial charge in [0, 0.05) is 42.6 Å². The van der Waals surface area contributed by atoms with Crippen LogP contribution in [-0.2, 0) is 0 Å². The molecule has 12 heteroatoms. The van der Waals surface area contributed by atoms with E-state index in [2.05, 4.69) is 16.0 Å². The molecule has 0 spiro atoms. The van der Waals surface area contributed by atoms with E-state index in [0.717, 1.165) is 0 Å². The molecule has 0 aromatic heterocycles. The number of nitrogens with zero attached hydrogens (tertiary/aromatic N) is 2. The van der Waals surface area contributed by atoms with Crippen molar-refractivity contribution in [3.05, 3.63) is 72.3 Å². The van der Waals surface area contributed by atoms with Crippen molar-refractivity contribution in [2.45, 2.75) is 26.0 Å². The van der Waals surface area contributed by atoms with Gasteiger partial charge in [0.05, 0.1) is 24.8 Å². The average Bonchev–Trinajstić information content (AvgIpc) is 3.47. The number of urea groups is 2. The van der Waals surface area contributed by atoms with Gasteiger partial charge in [0.2, 0.25) is 6.79 Å². The van der Waals surface area contributed by atoms with Crippen molar-refractivity contribution >= 4 is 35.0 Å². The molecule has 2 aliphatic heterocycles. The Morgan fingerprint density at radius 2 is 1.63 bits per heavy atom. The van der Waals surface area contributed by atoms with E-state index in [1.807, 2.05) is 25.1 Å². The molecule has 4 N–H and O–H groups in total. The Bertz CT molecular complexity index is 1480. The number of carbonyl (C=O) groups is 3. The number of hydrogen-bond acceptors (Lipinski definition) is 7. The van der Waals surface area contributed by atoms with E-state index in [0.29, 0.717) is 34.3 Å². The molecule has 0 radical (unpaired) electrons. The van der Waals surface area contributed by atoms with Crippen LogP contribution < -0.4 is 30.2 Å². The average molecular weight is 590 g/mol. The summed E-state index contributed by atoms with van der Waals surface area (Å²) in [5.74, 6) is 0.968. The summed E-state index contributed by atoms with van der Waals surface area (Å²) in [6.45, 7) is 4.11. The van der Waals surface area contributed by atoms with Crippen molar-refractivity contribution < 1.29 is 33.7 Å². The highest BCUT2D eigenvalue weighted by Gasteiger charge is 2.34. The lowest BCUT2D eigenvalue weighted by Gasteiger charge is -2.38. The fourth-order valence-electron chi connectivity index (χ4n) is 4.88. The fraction of sp³-hybridized carbons (Fsp3) is 0.323. The summed E-state index contributed by atoms with van der Waals surface area (Å²) < 4.78 is 17.1. The van der Waals surface area contributed by atoms with Crippen LogP contribution in [0.3, 0.4) is 0 Å². The van der Waals surface area contributed by atoms with Crippen LogP contribution in [0.5, 0.6) is 17.2 Å². The van der Waals surface area contributed by atoms with Gasteiger partial charge in [-0.3, -0.25) is 4.79 Å². The molecule has 2 aliphatic rings. The van der Waals surface area contributed by atoms with Gasteiger partial charge in [-0.15, -0.1) is 0 Å². The number of ether oxygens (including phenoxy) is 3. The normalized spacial score (nSPS) is 18.0. The minimum Gasteiger partial charge on any atom is -0.487 e. The first-order valence-electron chi connectivity index (χ1n) is 14.0. The molecular weight excluding hydrogens is 554 g/mol. The third-order valence-corrected chi connectivity index (χ3v) is 7.38. The number of likely N-dealkylation sites (N-methyl/N-ethyl adjacent to an activating group) is 1. The number of para-hydroxylation sites is 1. The third kappa shape index (κ3) is 6.92. The highest BCUT2D eigenvalue weighted by Crippen LogP contribution is 2.34. The van der Waals surface area contributed by atoms with Crippen LogP contribution in [0.4, 0.5) is 26.7 Å². The van der Waals surface area contributed by atoms with Gasteiger partial charge in [0.15, 0.2) is 11.5 Å². The number of fused-ring (bicyclic) bond motifs is 2. The topological polar surface area (TPSA) is 142 Å². The molecule has 12 nitrogen and oxygen atoms in total. The number of benzene rings is 3. The number of carbonyl (C=O) groups excluding carboxylic acids is 3. The second-order valence-electron chi connectivity index (χ2n) is 10.7. The lowest BCUT2D eigenvalue weighted by molar-refractivity contribution is 0.0371. The van der Waals surface area contributed by atoms with Gasteiger partial charge in [-0.2, -0.15) is 0 Å².